The summed E-state index contributed by atoms with van der Waals surface area (Å²) in [7, 11) is 0. The average Bonchev–Trinajstić information content (AvgIpc) is 2.84. The van der Waals surface area contributed by atoms with Gasteiger partial charge in [0.2, 0.25) is 5.91 Å². The van der Waals surface area contributed by atoms with E-state index in [2.05, 4.69) is 5.43 Å². The van der Waals surface area contributed by atoms with E-state index in [1.165, 1.54) is 6.07 Å². The summed E-state index contributed by atoms with van der Waals surface area (Å²) in [6, 6.07) is 8.12. The van der Waals surface area contributed by atoms with Crippen LogP contribution in [0.4, 0.5) is 13.2 Å². The second-order valence-corrected chi connectivity index (χ2v) is 7.42. The van der Waals surface area contributed by atoms with E-state index in [9.17, 15) is 18.0 Å². The summed E-state index contributed by atoms with van der Waals surface area (Å²) < 4.78 is 48.2. The molecule has 0 aliphatic carbocycles. The molecule has 7 heteroatoms. The van der Waals surface area contributed by atoms with Crippen LogP contribution in [0.25, 0.3) is 10.8 Å². The second kappa shape index (κ2) is 7.03. The van der Waals surface area contributed by atoms with Crippen LogP contribution < -0.4 is 10.2 Å². The number of amides is 1. The Balaban J connectivity index is 2.20. The van der Waals surface area contributed by atoms with Crippen molar-refractivity contribution in [2.45, 2.75) is 51.4 Å². The minimum atomic E-state index is -4.58. The Labute approximate surface area is 156 Å². The van der Waals surface area contributed by atoms with E-state index < -0.39 is 23.7 Å². The fourth-order valence-corrected chi connectivity index (χ4v) is 3.52. The molecule has 1 N–H and O–H groups in total. The summed E-state index contributed by atoms with van der Waals surface area (Å²) in [5.41, 5.74) is 1.51. The first-order valence-electron chi connectivity index (χ1n) is 8.94. The van der Waals surface area contributed by atoms with Crippen LogP contribution in [0, 0.1) is 0 Å². The maximum atomic E-state index is 14.2. The number of nitrogens with one attached hydrogen (secondary N) is 1. The molecule has 3 rings (SSSR count). The van der Waals surface area contributed by atoms with Crippen molar-refractivity contribution in [1.29, 1.82) is 0 Å². The minimum Gasteiger partial charge on any atom is -0.494 e. The van der Waals surface area contributed by atoms with Crippen LogP contribution in [0.3, 0.4) is 0 Å². The summed E-state index contributed by atoms with van der Waals surface area (Å²) >= 11 is 0. The lowest BCUT2D eigenvalue weighted by molar-refractivity contribution is -0.203. The Morgan fingerprint density at radius 3 is 2.56 bits per heavy atom. The molecule has 1 fully saturated rings. The van der Waals surface area contributed by atoms with Gasteiger partial charge in [0.15, 0.2) is 6.04 Å². The van der Waals surface area contributed by atoms with Crippen LogP contribution in [0.2, 0.25) is 0 Å². The van der Waals surface area contributed by atoms with Gasteiger partial charge in [-0.15, -0.1) is 0 Å². The monoisotopic (exact) mass is 380 g/mol. The molecule has 0 bridgehead atoms. The van der Waals surface area contributed by atoms with E-state index in [4.69, 9.17) is 4.74 Å². The topological polar surface area (TPSA) is 41.6 Å². The highest BCUT2D eigenvalue weighted by Gasteiger charge is 2.53. The molecule has 1 heterocycles. The molecule has 0 saturated carbocycles. The Morgan fingerprint density at radius 1 is 1.26 bits per heavy atom. The fraction of sp³-hybridized carbons (Fsp3) is 0.450. The zero-order chi connectivity index (χ0) is 19.8. The normalized spacial score (nSPS) is 18.5. The highest BCUT2D eigenvalue weighted by Crippen LogP contribution is 2.45. The third-order valence-corrected chi connectivity index (χ3v) is 4.69. The molecule has 0 radical (unpaired) electrons. The molecule has 1 aliphatic heterocycles. The highest BCUT2D eigenvalue weighted by atomic mass is 19.4. The number of hydrogen-bond donors (Lipinski definition) is 1. The average molecular weight is 380 g/mol. The summed E-state index contributed by atoms with van der Waals surface area (Å²) in [5.74, 6) is -0.0277. The number of halogens is 3. The number of hydrazine groups is 1. The van der Waals surface area contributed by atoms with E-state index >= 15 is 0 Å². The lowest BCUT2D eigenvalue weighted by Gasteiger charge is -2.38. The number of carbonyl (C=O) groups excluding carboxylic acids is 1. The summed E-state index contributed by atoms with van der Waals surface area (Å²) in [6.07, 6.45) is -3.83. The molecule has 146 valence electrons. The predicted octanol–water partition coefficient (Wildman–Crippen LogP) is 4.75. The van der Waals surface area contributed by atoms with Gasteiger partial charge in [0.25, 0.3) is 0 Å². The molecular formula is C20H23F3N2O2. The first-order chi connectivity index (χ1) is 12.6. The minimum absolute atomic E-state index is 0.00351. The van der Waals surface area contributed by atoms with Gasteiger partial charge >= 0.3 is 6.18 Å². The molecule has 1 unspecified atom stereocenters. The number of rotatable bonds is 5. The summed E-state index contributed by atoms with van der Waals surface area (Å²) in [4.78, 5) is 11.9. The Morgan fingerprint density at radius 2 is 1.96 bits per heavy atom. The standard InChI is InChI=1S/C20H23F3N2O2/c1-4-9-27-14-10-13-7-5-6-8-15(13)16(11-14)18(20(21,22)23)25-19(2,3)12-17(26)24-25/h5-8,10-11,18H,4,9,12H2,1-3H3,(H,24,26). The maximum Gasteiger partial charge on any atom is 0.409 e. The van der Waals surface area contributed by atoms with Gasteiger partial charge in [-0.1, -0.05) is 31.2 Å². The second-order valence-electron chi connectivity index (χ2n) is 7.42. The smallest absolute Gasteiger partial charge is 0.409 e. The van der Waals surface area contributed by atoms with Crippen LogP contribution in [-0.4, -0.2) is 29.2 Å². The lowest BCUT2D eigenvalue weighted by atomic mass is 9.93. The Kier molecular flexibility index (Phi) is 5.08. The van der Waals surface area contributed by atoms with Gasteiger partial charge in [-0.3, -0.25) is 10.2 Å². The largest absolute Gasteiger partial charge is 0.494 e. The Hall–Kier alpha value is -2.28. The molecule has 0 aromatic heterocycles. The van der Waals surface area contributed by atoms with E-state index in [1.54, 1.807) is 44.2 Å². The number of fused-ring (bicyclic) bond motifs is 1. The predicted molar refractivity (Wildman–Crippen MR) is 97.2 cm³/mol. The van der Waals surface area contributed by atoms with Crippen molar-refractivity contribution in [1.82, 2.24) is 10.4 Å². The van der Waals surface area contributed by atoms with Gasteiger partial charge in [0.1, 0.15) is 5.75 Å². The van der Waals surface area contributed by atoms with Crippen LogP contribution >= 0.6 is 0 Å². The summed E-state index contributed by atoms with van der Waals surface area (Å²) in [5, 5.41) is 2.18. The third-order valence-electron chi connectivity index (χ3n) is 4.69. The molecule has 2 aromatic rings. The fourth-order valence-electron chi connectivity index (χ4n) is 3.52. The van der Waals surface area contributed by atoms with Crippen molar-refractivity contribution >= 4 is 16.7 Å². The summed E-state index contributed by atoms with van der Waals surface area (Å²) in [6.45, 7) is 5.61. The zero-order valence-electron chi connectivity index (χ0n) is 15.6. The van der Waals surface area contributed by atoms with Crippen molar-refractivity contribution in [3.63, 3.8) is 0 Å². The van der Waals surface area contributed by atoms with Gasteiger partial charge in [-0.25, -0.2) is 0 Å². The van der Waals surface area contributed by atoms with Gasteiger partial charge in [0, 0.05) is 12.0 Å². The molecule has 1 aliphatic rings. The molecule has 2 aromatic carbocycles. The number of carbonyl (C=O) groups is 1. The molecule has 1 amide bonds. The molecule has 1 saturated heterocycles. The van der Waals surface area contributed by atoms with Crippen molar-refractivity contribution in [2.24, 2.45) is 0 Å². The molecule has 0 spiro atoms. The quantitative estimate of drug-likeness (QED) is 0.814. The number of ether oxygens (including phenoxy) is 1. The number of hydrogen-bond acceptors (Lipinski definition) is 3. The molecule has 4 nitrogen and oxygen atoms in total. The van der Waals surface area contributed by atoms with Crippen molar-refractivity contribution < 1.29 is 22.7 Å². The number of nitrogens with zero attached hydrogens (tertiary/aromatic N) is 1. The maximum absolute atomic E-state index is 14.2. The number of benzene rings is 2. The zero-order valence-corrected chi connectivity index (χ0v) is 15.6. The number of alkyl halides is 3. The van der Waals surface area contributed by atoms with E-state index in [1.807, 2.05) is 6.92 Å². The van der Waals surface area contributed by atoms with Crippen LogP contribution in [0.1, 0.15) is 45.2 Å². The third kappa shape index (κ3) is 3.88. The molecule has 1 atom stereocenters. The van der Waals surface area contributed by atoms with Crippen molar-refractivity contribution in [3.05, 3.63) is 42.0 Å². The van der Waals surface area contributed by atoms with Gasteiger partial charge < -0.3 is 4.74 Å². The lowest BCUT2D eigenvalue weighted by Crippen LogP contribution is -2.51. The first-order valence-corrected chi connectivity index (χ1v) is 8.94. The van der Waals surface area contributed by atoms with Gasteiger partial charge in [-0.05, 0) is 48.7 Å². The Bertz CT molecular complexity index is 849. The highest BCUT2D eigenvalue weighted by molar-refractivity contribution is 5.88. The van der Waals surface area contributed by atoms with Crippen molar-refractivity contribution in [2.75, 3.05) is 6.61 Å². The van der Waals surface area contributed by atoms with E-state index in [-0.39, 0.29) is 12.0 Å². The van der Waals surface area contributed by atoms with Gasteiger partial charge in [-0.2, -0.15) is 18.2 Å². The van der Waals surface area contributed by atoms with Gasteiger partial charge in [0.05, 0.1) is 6.61 Å². The SMILES string of the molecule is CCCOc1cc(C(N2NC(=O)CC2(C)C)C(F)(F)F)c2ccccc2c1. The molecular weight excluding hydrogens is 357 g/mol. The molecule has 27 heavy (non-hydrogen) atoms. The van der Waals surface area contributed by atoms with E-state index in [0.717, 1.165) is 11.4 Å². The van der Waals surface area contributed by atoms with Crippen molar-refractivity contribution in [3.8, 4) is 5.75 Å². The van der Waals surface area contributed by atoms with Crippen LogP contribution in [0.15, 0.2) is 36.4 Å². The first kappa shape index (κ1) is 19.5. The van der Waals surface area contributed by atoms with Crippen LogP contribution in [-0.2, 0) is 4.79 Å². The van der Waals surface area contributed by atoms with Crippen LogP contribution in [0.5, 0.6) is 5.75 Å². The van der Waals surface area contributed by atoms with E-state index in [0.29, 0.717) is 23.1 Å².